The lowest BCUT2D eigenvalue weighted by Gasteiger charge is -2.41. The molecule has 94 valence electrons. The van der Waals surface area contributed by atoms with Gasteiger partial charge < -0.3 is 9.90 Å². The van der Waals surface area contributed by atoms with Gasteiger partial charge in [-0.05, 0) is 25.7 Å². The van der Waals surface area contributed by atoms with Crippen molar-refractivity contribution in [2.75, 3.05) is 0 Å². The topological polar surface area (TPSA) is 37.3 Å². The Kier molecular flexibility index (Phi) is 6.04. The summed E-state index contributed by atoms with van der Waals surface area (Å²) < 4.78 is 0. The summed E-state index contributed by atoms with van der Waals surface area (Å²) in [5.74, 6) is -0.104. The number of carbonyl (C=O) groups is 1. The standard InChI is InChI=1S/C14H26O2/c1-2-3-4-5-6-7-9-13(12-15)14(16)10-8-11-14/h12-13,16H,2-11H2,1H3. The predicted octanol–water partition coefficient (Wildman–Crippen LogP) is 3.47. The molecule has 0 bridgehead atoms. The van der Waals surface area contributed by atoms with Crippen molar-refractivity contribution in [3.63, 3.8) is 0 Å². The Morgan fingerprint density at radius 1 is 1.19 bits per heavy atom. The molecule has 1 fully saturated rings. The lowest BCUT2D eigenvalue weighted by molar-refractivity contribution is -0.130. The van der Waals surface area contributed by atoms with Crippen molar-refractivity contribution < 1.29 is 9.90 Å². The summed E-state index contributed by atoms with van der Waals surface area (Å²) in [6.07, 6.45) is 12.1. The monoisotopic (exact) mass is 226 g/mol. The average molecular weight is 226 g/mol. The minimum Gasteiger partial charge on any atom is -0.389 e. The van der Waals surface area contributed by atoms with Gasteiger partial charge in [-0.25, -0.2) is 0 Å². The van der Waals surface area contributed by atoms with E-state index in [1.165, 1.54) is 32.1 Å². The molecule has 1 atom stereocenters. The molecule has 0 aliphatic heterocycles. The SMILES string of the molecule is CCCCCCCCC(C=O)C1(O)CCC1. The van der Waals surface area contributed by atoms with Gasteiger partial charge in [-0.3, -0.25) is 0 Å². The molecule has 0 saturated heterocycles. The smallest absolute Gasteiger partial charge is 0.125 e. The summed E-state index contributed by atoms with van der Waals surface area (Å²) in [7, 11) is 0. The Morgan fingerprint density at radius 2 is 1.81 bits per heavy atom. The first kappa shape index (κ1) is 13.7. The minimum absolute atomic E-state index is 0.104. The molecule has 1 saturated carbocycles. The van der Waals surface area contributed by atoms with Crippen molar-refractivity contribution in [1.29, 1.82) is 0 Å². The lowest BCUT2D eigenvalue weighted by Crippen LogP contribution is -2.45. The third kappa shape index (κ3) is 3.89. The van der Waals surface area contributed by atoms with Gasteiger partial charge in [0.05, 0.1) is 5.60 Å². The van der Waals surface area contributed by atoms with Crippen molar-refractivity contribution in [3.05, 3.63) is 0 Å². The van der Waals surface area contributed by atoms with E-state index in [0.29, 0.717) is 0 Å². The van der Waals surface area contributed by atoms with Crippen LogP contribution < -0.4 is 0 Å². The van der Waals surface area contributed by atoms with Gasteiger partial charge in [0.1, 0.15) is 6.29 Å². The quantitative estimate of drug-likeness (QED) is 0.483. The van der Waals surface area contributed by atoms with Crippen molar-refractivity contribution in [3.8, 4) is 0 Å². The van der Waals surface area contributed by atoms with Crippen LogP contribution in [-0.2, 0) is 4.79 Å². The molecular formula is C14H26O2. The maximum atomic E-state index is 11.0. The predicted molar refractivity (Wildman–Crippen MR) is 66.3 cm³/mol. The first-order valence-corrected chi connectivity index (χ1v) is 6.90. The van der Waals surface area contributed by atoms with Crippen LogP contribution in [-0.4, -0.2) is 17.0 Å². The maximum Gasteiger partial charge on any atom is 0.125 e. The molecule has 1 aliphatic rings. The molecule has 2 heteroatoms. The van der Waals surface area contributed by atoms with Gasteiger partial charge in [-0.2, -0.15) is 0 Å². The van der Waals surface area contributed by atoms with Crippen LogP contribution >= 0.6 is 0 Å². The molecule has 0 amide bonds. The molecule has 1 rings (SSSR count). The van der Waals surface area contributed by atoms with Crippen molar-refractivity contribution in [1.82, 2.24) is 0 Å². The van der Waals surface area contributed by atoms with Crippen molar-refractivity contribution in [2.24, 2.45) is 5.92 Å². The summed E-state index contributed by atoms with van der Waals surface area (Å²) in [5.41, 5.74) is -0.634. The highest BCUT2D eigenvalue weighted by Gasteiger charge is 2.41. The molecule has 0 radical (unpaired) electrons. The molecule has 0 aromatic rings. The van der Waals surface area contributed by atoms with Gasteiger partial charge in [0, 0.05) is 5.92 Å². The van der Waals surface area contributed by atoms with Crippen LogP contribution in [0.5, 0.6) is 0 Å². The van der Waals surface area contributed by atoms with Crippen LogP contribution in [0, 0.1) is 5.92 Å². The summed E-state index contributed by atoms with van der Waals surface area (Å²) >= 11 is 0. The Balaban J connectivity index is 2.08. The second-order valence-corrected chi connectivity index (χ2v) is 5.26. The fourth-order valence-corrected chi connectivity index (χ4v) is 2.52. The number of aldehydes is 1. The van der Waals surface area contributed by atoms with Gasteiger partial charge in [-0.1, -0.05) is 45.4 Å². The van der Waals surface area contributed by atoms with E-state index in [9.17, 15) is 9.90 Å². The van der Waals surface area contributed by atoms with Crippen LogP contribution in [0.3, 0.4) is 0 Å². The summed E-state index contributed by atoms with van der Waals surface area (Å²) in [6, 6.07) is 0. The summed E-state index contributed by atoms with van der Waals surface area (Å²) in [6.45, 7) is 2.22. The summed E-state index contributed by atoms with van der Waals surface area (Å²) in [5, 5.41) is 10.1. The number of carbonyl (C=O) groups excluding carboxylic acids is 1. The Morgan fingerprint density at radius 3 is 2.31 bits per heavy atom. The molecule has 16 heavy (non-hydrogen) atoms. The highest BCUT2D eigenvalue weighted by Crippen LogP contribution is 2.39. The second kappa shape index (κ2) is 7.05. The van der Waals surface area contributed by atoms with E-state index in [-0.39, 0.29) is 5.92 Å². The van der Waals surface area contributed by atoms with Gasteiger partial charge in [0.25, 0.3) is 0 Å². The normalized spacial score (nSPS) is 20.1. The molecule has 0 heterocycles. The van der Waals surface area contributed by atoms with E-state index in [1.807, 2.05) is 0 Å². The summed E-state index contributed by atoms with van der Waals surface area (Å²) in [4.78, 5) is 11.0. The van der Waals surface area contributed by atoms with Crippen LogP contribution in [0.25, 0.3) is 0 Å². The van der Waals surface area contributed by atoms with Crippen molar-refractivity contribution >= 4 is 6.29 Å². The number of aliphatic hydroxyl groups is 1. The number of unbranched alkanes of at least 4 members (excludes halogenated alkanes) is 5. The first-order chi connectivity index (χ1) is 7.73. The zero-order valence-corrected chi connectivity index (χ0v) is 10.6. The first-order valence-electron chi connectivity index (χ1n) is 6.90. The number of rotatable bonds is 9. The Hall–Kier alpha value is -0.370. The Labute approximate surface area is 99.4 Å². The second-order valence-electron chi connectivity index (χ2n) is 5.26. The third-order valence-electron chi connectivity index (χ3n) is 3.94. The molecule has 1 N–H and O–H groups in total. The molecule has 2 nitrogen and oxygen atoms in total. The molecule has 0 aromatic carbocycles. The highest BCUT2D eigenvalue weighted by molar-refractivity contribution is 5.56. The Bertz CT molecular complexity index is 197. The van der Waals surface area contributed by atoms with Gasteiger partial charge in [0.15, 0.2) is 0 Å². The fourth-order valence-electron chi connectivity index (χ4n) is 2.52. The molecule has 1 unspecified atom stereocenters. The number of hydrogen-bond donors (Lipinski definition) is 1. The van der Waals surface area contributed by atoms with Crippen LogP contribution in [0.4, 0.5) is 0 Å². The van der Waals surface area contributed by atoms with Gasteiger partial charge in [-0.15, -0.1) is 0 Å². The van der Waals surface area contributed by atoms with Crippen LogP contribution in [0.2, 0.25) is 0 Å². The zero-order valence-electron chi connectivity index (χ0n) is 10.6. The fraction of sp³-hybridized carbons (Fsp3) is 0.929. The highest BCUT2D eigenvalue weighted by atomic mass is 16.3. The van der Waals surface area contributed by atoms with Crippen LogP contribution in [0.15, 0.2) is 0 Å². The average Bonchev–Trinajstić information content (AvgIpc) is 2.25. The molecule has 0 aromatic heterocycles. The maximum absolute atomic E-state index is 11.0. The van der Waals surface area contributed by atoms with E-state index in [1.54, 1.807) is 0 Å². The van der Waals surface area contributed by atoms with Gasteiger partial charge >= 0.3 is 0 Å². The zero-order chi connectivity index (χ0) is 11.9. The van der Waals surface area contributed by atoms with E-state index in [0.717, 1.165) is 38.4 Å². The molecular weight excluding hydrogens is 200 g/mol. The minimum atomic E-state index is -0.634. The van der Waals surface area contributed by atoms with Crippen molar-refractivity contribution in [2.45, 2.75) is 76.7 Å². The van der Waals surface area contributed by atoms with E-state index in [2.05, 4.69) is 6.92 Å². The largest absolute Gasteiger partial charge is 0.389 e. The number of hydrogen-bond acceptors (Lipinski definition) is 2. The molecule has 1 aliphatic carbocycles. The van der Waals surface area contributed by atoms with E-state index >= 15 is 0 Å². The van der Waals surface area contributed by atoms with E-state index in [4.69, 9.17) is 0 Å². The van der Waals surface area contributed by atoms with Crippen LogP contribution in [0.1, 0.15) is 71.1 Å². The lowest BCUT2D eigenvalue weighted by atomic mass is 9.70. The van der Waals surface area contributed by atoms with Gasteiger partial charge in [0.2, 0.25) is 0 Å². The van der Waals surface area contributed by atoms with E-state index < -0.39 is 5.60 Å². The molecule has 0 spiro atoms. The third-order valence-corrected chi connectivity index (χ3v) is 3.94.